The normalized spacial score (nSPS) is 19.9. The Labute approximate surface area is 121 Å². The molecule has 1 saturated carbocycles. The van der Waals surface area contributed by atoms with E-state index < -0.39 is 0 Å². The zero-order valence-electron chi connectivity index (χ0n) is 13.1. The van der Waals surface area contributed by atoms with E-state index in [1.165, 1.54) is 6.42 Å². The maximum Gasteiger partial charge on any atom is 0.128 e. The molecule has 1 aliphatic rings. The van der Waals surface area contributed by atoms with Gasteiger partial charge in [-0.3, -0.25) is 0 Å². The summed E-state index contributed by atoms with van der Waals surface area (Å²) in [6, 6.07) is 3.58. The first kappa shape index (κ1) is 15.5. The number of nitrogens with one attached hydrogen (secondary N) is 1. The first-order valence-electron chi connectivity index (χ1n) is 7.53. The Hall–Kier alpha value is -0.930. The highest BCUT2D eigenvalue weighted by Gasteiger charge is 2.41. The lowest BCUT2D eigenvalue weighted by Gasteiger charge is -2.43. The van der Waals surface area contributed by atoms with E-state index in [2.05, 4.69) is 11.4 Å². The number of likely N-dealkylation sites (N-methyl/N-ethyl adjacent to an activating group) is 1. The van der Waals surface area contributed by atoms with E-state index in [0.717, 1.165) is 42.4 Å². The van der Waals surface area contributed by atoms with E-state index in [4.69, 9.17) is 4.74 Å². The molecule has 112 valence electrons. The number of hydrogen-bond acceptors (Lipinski definition) is 2. The zero-order valence-corrected chi connectivity index (χ0v) is 13.1. The molecular weight excluding hydrogens is 253 g/mol. The van der Waals surface area contributed by atoms with Crippen LogP contribution in [0.5, 0.6) is 0 Å². The van der Waals surface area contributed by atoms with Crippen molar-refractivity contribution in [2.24, 2.45) is 0 Å². The molecule has 1 aliphatic carbocycles. The fourth-order valence-corrected chi connectivity index (χ4v) is 3.72. The Morgan fingerprint density at radius 2 is 1.85 bits per heavy atom. The van der Waals surface area contributed by atoms with Crippen LogP contribution in [-0.4, -0.2) is 19.8 Å². The number of benzene rings is 1. The highest BCUT2D eigenvalue weighted by molar-refractivity contribution is 5.36. The second kappa shape index (κ2) is 6.23. The summed E-state index contributed by atoms with van der Waals surface area (Å²) in [6.07, 6.45) is 5.53. The van der Waals surface area contributed by atoms with Gasteiger partial charge < -0.3 is 10.1 Å². The van der Waals surface area contributed by atoms with Gasteiger partial charge in [-0.15, -0.1) is 0 Å². The SMILES string of the molecule is CNC(c1c(C)cc(C)cc1F)C1(OC)CCCCC1. The fourth-order valence-electron chi connectivity index (χ4n) is 3.72. The molecule has 20 heavy (non-hydrogen) atoms. The van der Waals surface area contributed by atoms with Crippen molar-refractivity contribution in [2.45, 2.75) is 57.6 Å². The van der Waals surface area contributed by atoms with Gasteiger partial charge in [-0.05, 0) is 50.9 Å². The fraction of sp³-hybridized carbons (Fsp3) is 0.647. The van der Waals surface area contributed by atoms with Crippen molar-refractivity contribution in [1.82, 2.24) is 5.32 Å². The van der Waals surface area contributed by atoms with Gasteiger partial charge in [0.05, 0.1) is 11.6 Å². The number of aryl methyl sites for hydroxylation is 2. The van der Waals surface area contributed by atoms with E-state index >= 15 is 0 Å². The monoisotopic (exact) mass is 279 g/mol. The van der Waals surface area contributed by atoms with Crippen LogP contribution in [-0.2, 0) is 4.74 Å². The van der Waals surface area contributed by atoms with Gasteiger partial charge >= 0.3 is 0 Å². The molecule has 1 atom stereocenters. The molecular formula is C17H26FNO. The smallest absolute Gasteiger partial charge is 0.128 e. The summed E-state index contributed by atoms with van der Waals surface area (Å²) in [5.41, 5.74) is 2.45. The van der Waals surface area contributed by atoms with Crippen molar-refractivity contribution in [3.63, 3.8) is 0 Å². The Kier molecular flexibility index (Phi) is 4.82. The molecule has 1 aromatic carbocycles. The maximum atomic E-state index is 14.5. The summed E-state index contributed by atoms with van der Waals surface area (Å²) < 4.78 is 20.4. The van der Waals surface area contributed by atoms with Gasteiger partial charge in [-0.1, -0.05) is 25.3 Å². The Morgan fingerprint density at radius 3 is 2.35 bits per heavy atom. The van der Waals surface area contributed by atoms with E-state index in [1.807, 2.05) is 20.9 Å². The van der Waals surface area contributed by atoms with Gasteiger partial charge in [-0.25, -0.2) is 4.39 Å². The second-order valence-electron chi connectivity index (χ2n) is 6.03. The topological polar surface area (TPSA) is 21.3 Å². The van der Waals surface area contributed by atoms with Gasteiger partial charge in [0, 0.05) is 12.7 Å². The summed E-state index contributed by atoms with van der Waals surface area (Å²) in [6.45, 7) is 3.92. The molecule has 0 aliphatic heterocycles. The van der Waals surface area contributed by atoms with Crippen molar-refractivity contribution in [1.29, 1.82) is 0 Å². The van der Waals surface area contributed by atoms with Crippen LogP contribution in [0, 0.1) is 19.7 Å². The van der Waals surface area contributed by atoms with Crippen LogP contribution in [0.2, 0.25) is 0 Å². The van der Waals surface area contributed by atoms with Crippen molar-refractivity contribution in [3.8, 4) is 0 Å². The molecule has 0 amide bonds. The summed E-state index contributed by atoms with van der Waals surface area (Å²) in [7, 11) is 3.66. The molecule has 0 spiro atoms. The predicted octanol–water partition coefficient (Wildman–Crippen LogP) is 4.05. The van der Waals surface area contributed by atoms with Crippen molar-refractivity contribution < 1.29 is 9.13 Å². The minimum Gasteiger partial charge on any atom is -0.376 e. The summed E-state index contributed by atoms with van der Waals surface area (Å²) in [4.78, 5) is 0. The lowest BCUT2D eigenvalue weighted by Crippen LogP contribution is -2.46. The van der Waals surface area contributed by atoms with E-state index in [1.54, 1.807) is 13.2 Å². The summed E-state index contributed by atoms with van der Waals surface area (Å²) in [5, 5.41) is 3.32. The maximum absolute atomic E-state index is 14.5. The van der Waals surface area contributed by atoms with Gasteiger partial charge in [0.25, 0.3) is 0 Å². The third-order valence-electron chi connectivity index (χ3n) is 4.69. The first-order chi connectivity index (χ1) is 9.54. The van der Waals surface area contributed by atoms with Crippen molar-refractivity contribution in [2.75, 3.05) is 14.2 Å². The van der Waals surface area contributed by atoms with E-state index in [0.29, 0.717) is 0 Å². The standard InChI is InChI=1S/C17H26FNO/c1-12-10-13(2)15(14(18)11-12)16(19-3)17(20-4)8-6-5-7-9-17/h10-11,16,19H,5-9H2,1-4H3. The van der Waals surface area contributed by atoms with Crippen molar-refractivity contribution in [3.05, 3.63) is 34.6 Å². The quantitative estimate of drug-likeness (QED) is 0.897. The average molecular weight is 279 g/mol. The first-order valence-corrected chi connectivity index (χ1v) is 7.53. The van der Waals surface area contributed by atoms with Crippen LogP contribution in [0.25, 0.3) is 0 Å². The second-order valence-corrected chi connectivity index (χ2v) is 6.03. The molecule has 0 saturated heterocycles. The van der Waals surface area contributed by atoms with Crippen LogP contribution in [0.15, 0.2) is 12.1 Å². The molecule has 2 nitrogen and oxygen atoms in total. The largest absolute Gasteiger partial charge is 0.376 e. The lowest BCUT2D eigenvalue weighted by atomic mass is 9.75. The number of hydrogen-bond donors (Lipinski definition) is 1. The minimum atomic E-state index is -0.284. The molecule has 1 fully saturated rings. The summed E-state index contributed by atoms with van der Waals surface area (Å²) >= 11 is 0. The Morgan fingerprint density at radius 1 is 1.20 bits per heavy atom. The van der Waals surface area contributed by atoms with E-state index in [9.17, 15) is 4.39 Å². The third-order valence-corrected chi connectivity index (χ3v) is 4.69. The molecule has 0 aromatic heterocycles. The summed E-state index contributed by atoms with van der Waals surface area (Å²) in [5.74, 6) is -0.121. The van der Waals surface area contributed by atoms with Crippen LogP contribution in [0.3, 0.4) is 0 Å². The van der Waals surface area contributed by atoms with Crippen LogP contribution < -0.4 is 5.32 Å². The van der Waals surface area contributed by atoms with Crippen LogP contribution in [0.1, 0.15) is 54.8 Å². The number of ether oxygens (including phenoxy) is 1. The molecule has 1 unspecified atom stereocenters. The highest BCUT2D eigenvalue weighted by atomic mass is 19.1. The minimum absolute atomic E-state index is 0.0894. The number of rotatable bonds is 4. The van der Waals surface area contributed by atoms with Gasteiger partial charge in [-0.2, -0.15) is 0 Å². The molecule has 0 heterocycles. The Balaban J connectivity index is 2.46. The lowest BCUT2D eigenvalue weighted by molar-refractivity contribution is -0.0680. The molecule has 1 aromatic rings. The molecule has 0 bridgehead atoms. The zero-order chi connectivity index (χ0) is 14.8. The van der Waals surface area contributed by atoms with Crippen molar-refractivity contribution >= 4 is 0 Å². The molecule has 1 N–H and O–H groups in total. The molecule has 2 rings (SSSR count). The van der Waals surface area contributed by atoms with E-state index in [-0.39, 0.29) is 17.5 Å². The molecule has 3 heteroatoms. The van der Waals surface area contributed by atoms with Gasteiger partial charge in [0.15, 0.2) is 0 Å². The highest BCUT2D eigenvalue weighted by Crippen LogP contribution is 2.42. The van der Waals surface area contributed by atoms with Gasteiger partial charge in [0.1, 0.15) is 5.82 Å². The van der Waals surface area contributed by atoms with Crippen LogP contribution in [0.4, 0.5) is 4.39 Å². The molecule has 0 radical (unpaired) electrons. The number of methoxy groups -OCH3 is 1. The van der Waals surface area contributed by atoms with Gasteiger partial charge in [0.2, 0.25) is 0 Å². The predicted molar refractivity (Wildman–Crippen MR) is 80.5 cm³/mol. The average Bonchev–Trinajstić information content (AvgIpc) is 2.43. The Bertz CT molecular complexity index is 443. The third kappa shape index (κ3) is 2.75. The number of halogens is 1. The van der Waals surface area contributed by atoms with Crippen LogP contribution >= 0.6 is 0 Å².